The molecule has 0 fully saturated rings. The van der Waals surface area contributed by atoms with Gasteiger partial charge >= 0.3 is 0 Å². The number of hydrogen-bond acceptors (Lipinski definition) is 1. The Morgan fingerprint density at radius 1 is 0.947 bits per heavy atom. The van der Waals surface area contributed by atoms with Crippen molar-refractivity contribution in [2.24, 2.45) is 0 Å². The van der Waals surface area contributed by atoms with Gasteiger partial charge in [-0.1, -0.05) is 69.0 Å². The second-order valence-electron chi connectivity index (χ2n) is 5.66. The van der Waals surface area contributed by atoms with E-state index in [-0.39, 0.29) is 5.41 Å². The molecule has 0 atom stereocenters. The standard InChI is InChI=1S/C18H19N/c1-14-18(2,3)16-11-7-8-12-17(16)19(14)13-15-9-5-4-6-10-15/h4-12H,1,13H2,2-3H3. The van der Waals surface area contributed by atoms with Crippen molar-refractivity contribution < 1.29 is 0 Å². The monoisotopic (exact) mass is 249 g/mol. The molecule has 19 heavy (non-hydrogen) atoms. The first kappa shape index (κ1) is 12.0. The van der Waals surface area contributed by atoms with E-state index in [4.69, 9.17) is 0 Å². The lowest BCUT2D eigenvalue weighted by Gasteiger charge is -2.26. The molecular weight excluding hydrogens is 230 g/mol. The van der Waals surface area contributed by atoms with Crippen LogP contribution in [0.3, 0.4) is 0 Å². The maximum atomic E-state index is 4.33. The summed E-state index contributed by atoms with van der Waals surface area (Å²) >= 11 is 0. The predicted octanol–water partition coefficient (Wildman–Crippen LogP) is 4.50. The van der Waals surface area contributed by atoms with E-state index in [1.165, 1.54) is 22.5 Å². The second-order valence-corrected chi connectivity index (χ2v) is 5.66. The van der Waals surface area contributed by atoms with Crippen molar-refractivity contribution in [3.63, 3.8) is 0 Å². The number of fused-ring (bicyclic) bond motifs is 1. The summed E-state index contributed by atoms with van der Waals surface area (Å²) in [7, 11) is 0. The first-order valence-corrected chi connectivity index (χ1v) is 6.71. The number of hydrogen-bond donors (Lipinski definition) is 0. The fourth-order valence-electron chi connectivity index (χ4n) is 2.82. The van der Waals surface area contributed by atoms with Gasteiger partial charge in [0, 0.05) is 23.3 Å². The molecule has 1 heterocycles. The molecule has 0 unspecified atom stereocenters. The van der Waals surface area contributed by atoms with Gasteiger partial charge in [0.15, 0.2) is 0 Å². The molecule has 0 aromatic heterocycles. The van der Waals surface area contributed by atoms with E-state index in [1.807, 2.05) is 0 Å². The zero-order valence-corrected chi connectivity index (χ0v) is 11.6. The van der Waals surface area contributed by atoms with Crippen LogP contribution >= 0.6 is 0 Å². The van der Waals surface area contributed by atoms with Gasteiger partial charge < -0.3 is 4.90 Å². The number of nitrogens with zero attached hydrogens (tertiary/aromatic N) is 1. The van der Waals surface area contributed by atoms with E-state index in [0.717, 1.165) is 6.54 Å². The number of benzene rings is 2. The number of anilines is 1. The van der Waals surface area contributed by atoms with Crippen molar-refractivity contribution in [1.82, 2.24) is 0 Å². The molecule has 0 N–H and O–H groups in total. The van der Waals surface area contributed by atoms with E-state index < -0.39 is 0 Å². The molecule has 0 saturated heterocycles. The third-order valence-electron chi connectivity index (χ3n) is 4.10. The molecule has 0 radical (unpaired) electrons. The lowest BCUT2D eigenvalue weighted by Crippen LogP contribution is -2.24. The van der Waals surface area contributed by atoms with Crippen molar-refractivity contribution in [3.05, 3.63) is 78.0 Å². The van der Waals surface area contributed by atoms with Crippen LogP contribution in [0, 0.1) is 0 Å². The summed E-state index contributed by atoms with van der Waals surface area (Å²) in [5, 5.41) is 0. The number of rotatable bonds is 2. The fraction of sp³-hybridized carbons (Fsp3) is 0.222. The molecular formula is C18H19N. The summed E-state index contributed by atoms with van der Waals surface area (Å²) in [5.74, 6) is 0. The van der Waals surface area contributed by atoms with Crippen LogP contribution in [0.4, 0.5) is 5.69 Å². The second kappa shape index (κ2) is 4.27. The predicted molar refractivity (Wildman–Crippen MR) is 81.2 cm³/mol. The molecule has 1 heteroatoms. The molecule has 3 rings (SSSR count). The SMILES string of the molecule is C=C1N(Cc2ccccc2)c2ccccc2C1(C)C. The summed E-state index contributed by atoms with van der Waals surface area (Å²) in [5.41, 5.74) is 5.18. The van der Waals surface area contributed by atoms with Crippen LogP contribution in [0.5, 0.6) is 0 Å². The van der Waals surface area contributed by atoms with Gasteiger partial charge in [-0.2, -0.15) is 0 Å². The molecule has 1 aliphatic heterocycles. The molecule has 0 bridgehead atoms. The highest BCUT2D eigenvalue weighted by atomic mass is 15.2. The maximum Gasteiger partial charge on any atom is 0.0478 e. The van der Waals surface area contributed by atoms with E-state index in [2.05, 4.69) is 79.9 Å². The minimum atomic E-state index is 0.0192. The Morgan fingerprint density at radius 2 is 1.58 bits per heavy atom. The summed E-state index contributed by atoms with van der Waals surface area (Å²) in [6, 6.07) is 19.2. The van der Waals surface area contributed by atoms with Gasteiger partial charge in [0.1, 0.15) is 0 Å². The van der Waals surface area contributed by atoms with Crippen molar-refractivity contribution in [2.45, 2.75) is 25.8 Å². The van der Waals surface area contributed by atoms with Gasteiger partial charge in [0.25, 0.3) is 0 Å². The van der Waals surface area contributed by atoms with Gasteiger partial charge in [-0.15, -0.1) is 0 Å². The van der Waals surface area contributed by atoms with Gasteiger partial charge in [-0.3, -0.25) is 0 Å². The Labute approximate surface area is 115 Å². The first-order chi connectivity index (χ1) is 9.10. The zero-order chi connectivity index (χ0) is 13.5. The molecule has 0 spiro atoms. The van der Waals surface area contributed by atoms with Crippen LogP contribution in [0.1, 0.15) is 25.0 Å². The van der Waals surface area contributed by atoms with Crippen LogP contribution in [-0.2, 0) is 12.0 Å². The van der Waals surface area contributed by atoms with E-state index in [9.17, 15) is 0 Å². The van der Waals surface area contributed by atoms with Crippen LogP contribution < -0.4 is 4.90 Å². The summed E-state index contributed by atoms with van der Waals surface area (Å²) in [6.45, 7) is 9.71. The van der Waals surface area contributed by atoms with E-state index in [0.29, 0.717) is 0 Å². The molecule has 96 valence electrons. The van der Waals surface area contributed by atoms with Gasteiger partial charge in [-0.05, 0) is 17.2 Å². The number of allylic oxidation sites excluding steroid dienone is 1. The highest BCUT2D eigenvalue weighted by molar-refractivity contribution is 5.69. The number of para-hydroxylation sites is 1. The minimum Gasteiger partial charge on any atom is -0.340 e. The average molecular weight is 249 g/mol. The van der Waals surface area contributed by atoms with E-state index >= 15 is 0 Å². The summed E-state index contributed by atoms with van der Waals surface area (Å²) in [6.07, 6.45) is 0. The molecule has 0 aliphatic carbocycles. The highest BCUT2D eigenvalue weighted by Gasteiger charge is 2.38. The van der Waals surface area contributed by atoms with Crippen molar-refractivity contribution in [1.29, 1.82) is 0 Å². The molecule has 0 amide bonds. The first-order valence-electron chi connectivity index (χ1n) is 6.71. The molecule has 1 aliphatic rings. The maximum absolute atomic E-state index is 4.33. The van der Waals surface area contributed by atoms with Gasteiger partial charge in [-0.25, -0.2) is 0 Å². The van der Waals surface area contributed by atoms with Crippen LogP contribution in [0.15, 0.2) is 66.9 Å². The van der Waals surface area contributed by atoms with Crippen molar-refractivity contribution in [2.75, 3.05) is 4.90 Å². The lowest BCUT2D eigenvalue weighted by atomic mass is 9.84. The van der Waals surface area contributed by atoms with Gasteiger partial charge in [0.05, 0.1) is 0 Å². The highest BCUT2D eigenvalue weighted by Crippen LogP contribution is 2.47. The van der Waals surface area contributed by atoms with Crippen molar-refractivity contribution >= 4 is 5.69 Å². The smallest absolute Gasteiger partial charge is 0.0478 e. The Kier molecular flexibility index (Phi) is 2.70. The Hall–Kier alpha value is -2.02. The summed E-state index contributed by atoms with van der Waals surface area (Å²) < 4.78 is 0. The zero-order valence-electron chi connectivity index (χ0n) is 11.6. The average Bonchev–Trinajstić information content (AvgIpc) is 2.62. The quantitative estimate of drug-likeness (QED) is 0.757. The minimum absolute atomic E-state index is 0.0192. The third kappa shape index (κ3) is 1.86. The van der Waals surface area contributed by atoms with E-state index in [1.54, 1.807) is 0 Å². The van der Waals surface area contributed by atoms with Crippen LogP contribution in [0.25, 0.3) is 0 Å². The normalized spacial score (nSPS) is 16.5. The molecule has 1 nitrogen and oxygen atoms in total. The lowest BCUT2D eigenvalue weighted by molar-refractivity contribution is 0.633. The summed E-state index contributed by atoms with van der Waals surface area (Å²) in [4.78, 5) is 2.34. The van der Waals surface area contributed by atoms with Crippen molar-refractivity contribution in [3.8, 4) is 0 Å². The van der Waals surface area contributed by atoms with Crippen LogP contribution in [-0.4, -0.2) is 0 Å². The molecule has 2 aromatic rings. The molecule has 2 aromatic carbocycles. The Bertz CT molecular complexity index is 611. The largest absolute Gasteiger partial charge is 0.340 e. The Morgan fingerprint density at radius 3 is 2.32 bits per heavy atom. The molecule has 0 saturated carbocycles. The fourth-order valence-corrected chi connectivity index (χ4v) is 2.82. The van der Waals surface area contributed by atoms with Gasteiger partial charge in [0.2, 0.25) is 0 Å². The van der Waals surface area contributed by atoms with Crippen LogP contribution in [0.2, 0.25) is 0 Å². The third-order valence-corrected chi connectivity index (χ3v) is 4.10. The Balaban J connectivity index is 2.02. The topological polar surface area (TPSA) is 3.24 Å².